The Morgan fingerprint density at radius 3 is 2.73 bits per heavy atom. The average molecular weight is 361 g/mol. The van der Waals surface area contributed by atoms with E-state index in [0.29, 0.717) is 12.3 Å². The number of amides is 1. The lowest BCUT2D eigenvalue weighted by atomic mass is 10.1. The number of hydrogen-bond acceptors (Lipinski definition) is 6. The van der Waals surface area contributed by atoms with Crippen LogP contribution < -0.4 is 5.32 Å². The van der Waals surface area contributed by atoms with Crippen LogP contribution in [0.3, 0.4) is 0 Å². The number of nitrogens with zero attached hydrogens (tertiary/aromatic N) is 4. The molecule has 0 bridgehead atoms. The summed E-state index contributed by atoms with van der Waals surface area (Å²) in [4.78, 5) is 14.7. The molecule has 0 saturated carbocycles. The van der Waals surface area contributed by atoms with Crippen LogP contribution in [0.5, 0.6) is 0 Å². The van der Waals surface area contributed by atoms with E-state index < -0.39 is 0 Å². The summed E-state index contributed by atoms with van der Waals surface area (Å²) in [5, 5.41) is 20.8. The molecule has 0 aromatic carbocycles. The maximum Gasteiger partial charge on any atom is 0.273 e. The van der Waals surface area contributed by atoms with Crippen LogP contribution in [-0.2, 0) is 13.6 Å². The quantitative estimate of drug-likeness (QED) is 0.837. The number of piperidine rings is 1. The van der Waals surface area contributed by atoms with Gasteiger partial charge in [0.05, 0.1) is 24.4 Å². The van der Waals surface area contributed by atoms with Gasteiger partial charge in [-0.15, -0.1) is 0 Å². The van der Waals surface area contributed by atoms with Crippen LogP contribution in [0.15, 0.2) is 10.6 Å². The first-order chi connectivity index (χ1) is 12.3. The van der Waals surface area contributed by atoms with Gasteiger partial charge in [-0.05, 0) is 33.6 Å². The van der Waals surface area contributed by atoms with E-state index in [4.69, 9.17) is 4.52 Å². The van der Waals surface area contributed by atoms with Crippen molar-refractivity contribution in [2.24, 2.45) is 7.05 Å². The minimum absolute atomic E-state index is 0.167. The van der Waals surface area contributed by atoms with Gasteiger partial charge in [-0.3, -0.25) is 14.4 Å². The number of nitrogens with one attached hydrogen (secondary N) is 1. The monoisotopic (exact) mass is 361 g/mol. The molecule has 1 amide bonds. The molecule has 26 heavy (non-hydrogen) atoms. The minimum Gasteiger partial charge on any atom is -0.393 e. The summed E-state index contributed by atoms with van der Waals surface area (Å²) in [6.07, 6.45) is 1.33. The Morgan fingerprint density at radius 2 is 2.12 bits per heavy atom. The number of aryl methyl sites for hydroxylation is 2. The number of rotatable bonds is 5. The highest BCUT2D eigenvalue weighted by atomic mass is 16.5. The van der Waals surface area contributed by atoms with Gasteiger partial charge in [-0.25, -0.2) is 0 Å². The van der Waals surface area contributed by atoms with Crippen molar-refractivity contribution in [1.82, 2.24) is 25.2 Å². The third kappa shape index (κ3) is 3.96. The van der Waals surface area contributed by atoms with Crippen LogP contribution in [0.2, 0.25) is 0 Å². The largest absolute Gasteiger partial charge is 0.393 e. The number of aliphatic hydroxyl groups excluding tert-OH is 1. The number of likely N-dealkylation sites (tertiary alicyclic amines) is 1. The molecule has 0 radical (unpaired) electrons. The van der Waals surface area contributed by atoms with Gasteiger partial charge >= 0.3 is 0 Å². The molecule has 2 N–H and O–H groups in total. The Kier molecular flexibility index (Phi) is 5.43. The van der Waals surface area contributed by atoms with Gasteiger partial charge in [0.15, 0.2) is 11.5 Å². The Morgan fingerprint density at radius 1 is 1.42 bits per heavy atom. The zero-order chi connectivity index (χ0) is 18.8. The first-order valence-corrected chi connectivity index (χ1v) is 9.02. The second kappa shape index (κ2) is 7.59. The fourth-order valence-electron chi connectivity index (χ4n) is 3.55. The van der Waals surface area contributed by atoms with E-state index in [1.807, 2.05) is 32.5 Å². The van der Waals surface area contributed by atoms with E-state index >= 15 is 0 Å². The number of aliphatic hydroxyl groups is 1. The smallest absolute Gasteiger partial charge is 0.273 e. The molecule has 8 heteroatoms. The van der Waals surface area contributed by atoms with Gasteiger partial charge < -0.3 is 14.9 Å². The summed E-state index contributed by atoms with van der Waals surface area (Å²) >= 11 is 0. The molecule has 3 heterocycles. The lowest BCUT2D eigenvalue weighted by molar-refractivity contribution is 0.0748. The van der Waals surface area contributed by atoms with Crippen molar-refractivity contribution in [2.45, 2.75) is 52.3 Å². The summed E-state index contributed by atoms with van der Waals surface area (Å²) in [5.41, 5.74) is 3.24. The highest BCUT2D eigenvalue weighted by Crippen LogP contribution is 2.21. The molecular weight excluding hydrogens is 334 g/mol. The van der Waals surface area contributed by atoms with Gasteiger partial charge in [-0.2, -0.15) is 5.10 Å². The van der Waals surface area contributed by atoms with Crippen molar-refractivity contribution in [1.29, 1.82) is 0 Å². The average Bonchev–Trinajstić information content (AvgIpc) is 3.14. The summed E-state index contributed by atoms with van der Waals surface area (Å²) in [6, 6.07) is 1.52. The Hall–Kier alpha value is -2.19. The highest BCUT2D eigenvalue weighted by molar-refractivity contribution is 5.92. The molecular formula is C18H27N5O3. The third-order valence-corrected chi connectivity index (χ3v) is 5.07. The van der Waals surface area contributed by atoms with Gasteiger partial charge in [0.25, 0.3) is 5.91 Å². The first-order valence-electron chi connectivity index (χ1n) is 9.02. The van der Waals surface area contributed by atoms with Crippen LogP contribution in [-0.4, -0.2) is 50.0 Å². The highest BCUT2D eigenvalue weighted by Gasteiger charge is 2.22. The van der Waals surface area contributed by atoms with Gasteiger partial charge in [-0.1, -0.05) is 5.16 Å². The topological polar surface area (TPSA) is 96.4 Å². The molecule has 3 rings (SSSR count). The summed E-state index contributed by atoms with van der Waals surface area (Å²) in [7, 11) is 1.89. The standard InChI is InChI=1S/C18H27N5O3/c1-11(17-12(2)20-22(4)13(17)3)19-18(25)16-9-15(26-21-16)10-23-7-5-14(24)6-8-23/h9,11,14,24H,5-8,10H2,1-4H3,(H,19,25). The van der Waals surface area contributed by atoms with Crippen molar-refractivity contribution < 1.29 is 14.4 Å². The molecule has 2 aromatic rings. The van der Waals surface area contributed by atoms with Crippen LogP contribution in [0, 0.1) is 13.8 Å². The normalized spacial score (nSPS) is 17.4. The lowest BCUT2D eigenvalue weighted by Gasteiger charge is -2.28. The zero-order valence-corrected chi connectivity index (χ0v) is 15.8. The first kappa shape index (κ1) is 18.6. The number of aromatic nitrogens is 3. The van der Waals surface area contributed by atoms with Crippen LogP contribution in [0.1, 0.15) is 59.0 Å². The molecule has 142 valence electrons. The van der Waals surface area contributed by atoms with Gasteiger partial charge in [0.2, 0.25) is 0 Å². The molecule has 2 aromatic heterocycles. The Labute approximate surface area is 153 Å². The van der Waals surface area contributed by atoms with Crippen LogP contribution in [0.4, 0.5) is 0 Å². The Balaban J connectivity index is 1.61. The predicted octanol–water partition coefficient (Wildman–Crippen LogP) is 1.47. The number of hydrogen-bond donors (Lipinski definition) is 2. The molecule has 0 aliphatic carbocycles. The second-order valence-electron chi connectivity index (χ2n) is 7.09. The molecule has 1 unspecified atom stereocenters. The number of carbonyl (C=O) groups is 1. The van der Waals surface area contributed by atoms with E-state index in [9.17, 15) is 9.90 Å². The van der Waals surface area contributed by atoms with Crippen molar-refractivity contribution in [3.63, 3.8) is 0 Å². The van der Waals surface area contributed by atoms with Gasteiger partial charge in [0, 0.05) is 37.5 Å². The predicted molar refractivity (Wildman–Crippen MR) is 95.6 cm³/mol. The molecule has 1 fully saturated rings. The van der Waals surface area contributed by atoms with E-state index in [2.05, 4.69) is 20.5 Å². The fourth-order valence-corrected chi connectivity index (χ4v) is 3.55. The van der Waals surface area contributed by atoms with Crippen molar-refractivity contribution in [2.75, 3.05) is 13.1 Å². The van der Waals surface area contributed by atoms with Crippen LogP contribution in [0.25, 0.3) is 0 Å². The molecule has 1 saturated heterocycles. The molecule has 0 spiro atoms. The molecule has 1 aliphatic heterocycles. The lowest BCUT2D eigenvalue weighted by Crippen LogP contribution is -2.35. The molecule has 1 atom stereocenters. The van der Waals surface area contributed by atoms with Crippen molar-refractivity contribution in [3.8, 4) is 0 Å². The molecule has 1 aliphatic rings. The van der Waals surface area contributed by atoms with E-state index in [1.54, 1.807) is 6.07 Å². The molecule has 8 nitrogen and oxygen atoms in total. The van der Waals surface area contributed by atoms with Crippen molar-refractivity contribution >= 4 is 5.91 Å². The van der Waals surface area contributed by atoms with E-state index in [0.717, 1.165) is 42.9 Å². The second-order valence-corrected chi connectivity index (χ2v) is 7.09. The number of carbonyl (C=O) groups excluding carboxylic acids is 1. The summed E-state index contributed by atoms with van der Waals surface area (Å²) < 4.78 is 7.14. The van der Waals surface area contributed by atoms with Crippen molar-refractivity contribution in [3.05, 3.63) is 34.5 Å². The van der Waals surface area contributed by atoms with Gasteiger partial charge in [0.1, 0.15) is 0 Å². The Bertz CT molecular complexity index is 774. The maximum absolute atomic E-state index is 12.5. The summed E-state index contributed by atoms with van der Waals surface area (Å²) in [5.74, 6) is 0.400. The van der Waals surface area contributed by atoms with Crippen LogP contribution >= 0.6 is 0 Å². The zero-order valence-electron chi connectivity index (χ0n) is 15.8. The fraction of sp³-hybridized carbons (Fsp3) is 0.611. The third-order valence-electron chi connectivity index (χ3n) is 5.07. The SMILES string of the molecule is Cc1nn(C)c(C)c1C(C)NC(=O)c1cc(CN2CCC(O)CC2)on1. The minimum atomic E-state index is -0.260. The van der Waals surface area contributed by atoms with E-state index in [1.165, 1.54) is 0 Å². The maximum atomic E-state index is 12.5. The van der Waals surface area contributed by atoms with E-state index in [-0.39, 0.29) is 23.7 Å². The summed E-state index contributed by atoms with van der Waals surface area (Å²) in [6.45, 7) is 8.11.